The lowest BCUT2D eigenvalue weighted by Crippen LogP contribution is -2.40. The normalized spacial score (nSPS) is 18.1. The summed E-state index contributed by atoms with van der Waals surface area (Å²) in [5.74, 6) is 0.0671. The third-order valence-corrected chi connectivity index (χ3v) is 5.29. The van der Waals surface area contributed by atoms with Crippen LogP contribution in [0.4, 0.5) is 11.4 Å². The Kier molecular flexibility index (Phi) is 4.45. The van der Waals surface area contributed by atoms with Crippen molar-refractivity contribution >= 4 is 17.3 Å². The van der Waals surface area contributed by atoms with Gasteiger partial charge in [0, 0.05) is 36.6 Å². The van der Waals surface area contributed by atoms with Crippen molar-refractivity contribution in [1.82, 2.24) is 4.90 Å². The van der Waals surface area contributed by atoms with Crippen molar-refractivity contribution in [2.75, 3.05) is 24.5 Å². The van der Waals surface area contributed by atoms with Gasteiger partial charge in [0.15, 0.2) is 0 Å². The van der Waals surface area contributed by atoms with Crippen molar-refractivity contribution in [3.05, 3.63) is 59.7 Å². The summed E-state index contributed by atoms with van der Waals surface area (Å²) < 4.78 is 0. The van der Waals surface area contributed by atoms with E-state index in [1.807, 2.05) is 29.2 Å². The fourth-order valence-corrected chi connectivity index (χ4v) is 3.84. The van der Waals surface area contributed by atoms with E-state index in [2.05, 4.69) is 29.2 Å². The van der Waals surface area contributed by atoms with Crippen LogP contribution in [-0.2, 0) is 6.42 Å². The molecule has 0 spiro atoms. The number of piperidine rings is 1. The van der Waals surface area contributed by atoms with Crippen LogP contribution >= 0.6 is 0 Å². The first-order chi connectivity index (χ1) is 12.2. The lowest BCUT2D eigenvalue weighted by molar-refractivity contribution is 0.0546. The van der Waals surface area contributed by atoms with Gasteiger partial charge in [-0.1, -0.05) is 18.2 Å². The van der Waals surface area contributed by atoms with E-state index in [-0.39, 0.29) is 12.0 Å². The summed E-state index contributed by atoms with van der Waals surface area (Å²) in [4.78, 5) is 16.8. The quantitative estimate of drug-likeness (QED) is 0.914. The predicted molar refractivity (Wildman–Crippen MR) is 99.4 cm³/mol. The molecule has 1 fully saturated rings. The van der Waals surface area contributed by atoms with Crippen LogP contribution in [0.3, 0.4) is 0 Å². The zero-order chi connectivity index (χ0) is 17.2. The van der Waals surface area contributed by atoms with E-state index in [1.54, 1.807) is 0 Å². The van der Waals surface area contributed by atoms with Crippen molar-refractivity contribution in [2.45, 2.75) is 31.8 Å². The Morgan fingerprint density at radius 1 is 0.960 bits per heavy atom. The molecule has 2 aliphatic rings. The molecule has 1 amide bonds. The van der Waals surface area contributed by atoms with Crippen LogP contribution in [0, 0.1) is 0 Å². The second-order valence-corrected chi connectivity index (χ2v) is 6.95. The topological polar surface area (TPSA) is 43.8 Å². The van der Waals surface area contributed by atoms with Gasteiger partial charge in [-0.2, -0.15) is 0 Å². The minimum absolute atomic E-state index is 0.0671. The summed E-state index contributed by atoms with van der Waals surface area (Å²) in [6.45, 7) is 2.29. The predicted octanol–water partition coefficient (Wildman–Crippen LogP) is 3.37. The molecular weight excluding hydrogens is 312 g/mol. The average Bonchev–Trinajstić information content (AvgIpc) is 2.68. The lowest BCUT2D eigenvalue weighted by Gasteiger charge is -2.32. The van der Waals surface area contributed by atoms with Crippen LogP contribution < -0.4 is 4.90 Å². The van der Waals surface area contributed by atoms with Crippen LogP contribution in [0.5, 0.6) is 0 Å². The number of carbonyl (C=O) groups excluding carboxylic acids is 1. The van der Waals surface area contributed by atoms with E-state index in [0.29, 0.717) is 25.9 Å². The van der Waals surface area contributed by atoms with Crippen molar-refractivity contribution in [1.29, 1.82) is 0 Å². The molecule has 130 valence electrons. The molecule has 2 aromatic carbocycles. The molecule has 4 heteroatoms. The van der Waals surface area contributed by atoms with Crippen LogP contribution in [0.1, 0.15) is 35.2 Å². The monoisotopic (exact) mass is 336 g/mol. The number of fused-ring (bicyclic) bond motifs is 1. The first-order valence-electron chi connectivity index (χ1n) is 9.15. The Morgan fingerprint density at radius 2 is 1.68 bits per heavy atom. The molecule has 1 N–H and O–H groups in total. The summed E-state index contributed by atoms with van der Waals surface area (Å²) >= 11 is 0. The molecule has 0 aromatic heterocycles. The number of aryl methyl sites for hydroxylation is 1. The summed E-state index contributed by atoms with van der Waals surface area (Å²) in [5, 5.41) is 9.60. The number of anilines is 2. The number of rotatable bonds is 2. The van der Waals surface area contributed by atoms with Crippen molar-refractivity contribution in [3.63, 3.8) is 0 Å². The van der Waals surface area contributed by atoms with E-state index in [9.17, 15) is 9.90 Å². The zero-order valence-electron chi connectivity index (χ0n) is 14.4. The molecule has 0 radical (unpaired) electrons. The van der Waals surface area contributed by atoms with Crippen molar-refractivity contribution in [3.8, 4) is 0 Å². The van der Waals surface area contributed by atoms with Gasteiger partial charge in [0.25, 0.3) is 5.91 Å². The van der Waals surface area contributed by atoms with Crippen LogP contribution in [0.25, 0.3) is 0 Å². The molecule has 0 aliphatic carbocycles. The number of hydrogen-bond acceptors (Lipinski definition) is 3. The largest absolute Gasteiger partial charge is 0.393 e. The van der Waals surface area contributed by atoms with Gasteiger partial charge in [-0.15, -0.1) is 0 Å². The Labute approximate surface area is 148 Å². The highest BCUT2D eigenvalue weighted by atomic mass is 16.3. The molecule has 0 saturated carbocycles. The Morgan fingerprint density at radius 3 is 2.44 bits per heavy atom. The highest BCUT2D eigenvalue weighted by Gasteiger charge is 2.23. The number of para-hydroxylation sites is 1. The second-order valence-electron chi connectivity index (χ2n) is 6.95. The molecular formula is C21H24N2O2. The van der Waals surface area contributed by atoms with Crippen LogP contribution in [-0.4, -0.2) is 41.7 Å². The third kappa shape index (κ3) is 3.27. The number of aliphatic hydroxyl groups excluding tert-OH is 1. The minimum Gasteiger partial charge on any atom is -0.393 e. The average molecular weight is 336 g/mol. The standard InChI is InChI=1S/C21H24N2O2/c24-19-11-14-22(15-12-19)21(25)17-7-9-18(10-8-17)23-13-3-5-16-4-1-2-6-20(16)23/h1-2,4,6-10,19,24H,3,5,11-15H2. The number of likely N-dealkylation sites (tertiary alicyclic amines) is 1. The number of carbonyl (C=O) groups is 1. The third-order valence-electron chi connectivity index (χ3n) is 5.29. The zero-order valence-corrected chi connectivity index (χ0v) is 14.4. The number of benzene rings is 2. The number of hydrogen-bond donors (Lipinski definition) is 1. The molecule has 1 saturated heterocycles. The van der Waals surface area contributed by atoms with Gasteiger partial charge < -0.3 is 14.9 Å². The first kappa shape index (κ1) is 16.2. The van der Waals surface area contributed by atoms with E-state index < -0.39 is 0 Å². The summed E-state index contributed by atoms with van der Waals surface area (Å²) in [5.41, 5.74) is 4.53. The van der Waals surface area contributed by atoms with Gasteiger partial charge in [0.05, 0.1) is 6.10 Å². The molecule has 2 aromatic rings. The summed E-state index contributed by atoms with van der Waals surface area (Å²) in [7, 11) is 0. The maximum atomic E-state index is 12.6. The molecule has 4 rings (SSSR count). The van der Waals surface area contributed by atoms with Gasteiger partial charge in [-0.3, -0.25) is 4.79 Å². The lowest BCUT2D eigenvalue weighted by atomic mass is 10.0. The fraction of sp³-hybridized carbons (Fsp3) is 0.381. The SMILES string of the molecule is O=C(c1ccc(N2CCCc3ccccc32)cc1)N1CCC(O)CC1. The van der Waals surface area contributed by atoms with Crippen LogP contribution in [0.15, 0.2) is 48.5 Å². The van der Waals surface area contributed by atoms with Gasteiger partial charge in [0.1, 0.15) is 0 Å². The summed E-state index contributed by atoms with van der Waals surface area (Å²) in [6, 6.07) is 16.5. The van der Waals surface area contributed by atoms with Gasteiger partial charge >= 0.3 is 0 Å². The maximum Gasteiger partial charge on any atom is 0.253 e. The number of amides is 1. The molecule has 2 aliphatic heterocycles. The van der Waals surface area contributed by atoms with E-state index in [1.165, 1.54) is 11.3 Å². The fourth-order valence-electron chi connectivity index (χ4n) is 3.84. The van der Waals surface area contributed by atoms with E-state index in [4.69, 9.17) is 0 Å². The molecule has 25 heavy (non-hydrogen) atoms. The Balaban J connectivity index is 1.52. The minimum atomic E-state index is -0.259. The Hall–Kier alpha value is -2.33. The maximum absolute atomic E-state index is 12.6. The van der Waals surface area contributed by atoms with E-state index >= 15 is 0 Å². The summed E-state index contributed by atoms with van der Waals surface area (Å²) in [6.07, 6.45) is 3.37. The smallest absolute Gasteiger partial charge is 0.253 e. The molecule has 4 nitrogen and oxygen atoms in total. The van der Waals surface area contributed by atoms with Crippen molar-refractivity contribution < 1.29 is 9.90 Å². The molecule has 0 atom stereocenters. The first-order valence-corrected chi connectivity index (χ1v) is 9.15. The molecule has 0 bridgehead atoms. The van der Waals surface area contributed by atoms with Crippen LogP contribution in [0.2, 0.25) is 0 Å². The van der Waals surface area contributed by atoms with Crippen molar-refractivity contribution in [2.24, 2.45) is 0 Å². The highest BCUT2D eigenvalue weighted by Crippen LogP contribution is 2.33. The van der Waals surface area contributed by atoms with Gasteiger partial charge in [-0.05, 0) is 61.6 Å². The van der Waals surface area contributed by atoms with Gasteiger partial charge in [-0.25, -0.2) is 0 Å². The number of aliphatic hydroxyl groups is 1. The Bertz CT molecular complexity index is 749. The van der Waals surface area contributed by atoms with Gasteiger partial charge in [0.2, 0.25) is 0 Å². The second kappa shape index (κ2) is 6.89. The molecule has 0 unspecified atom stereocenters. The molecule has 2 heterocycles. The van der Waals surface area contributed by atoms with E-state index in [0.717, 1.165) is 30.6 Å². The highest BCUT2D eigenvalue weighted by molar-refractivity contribution is 5.94. The number of nitrogens with zero attached hydrogens (tertiary/aromatic N) is 2.